The third-order valence-corrected chi connectivity index (χ3v) is 0.354. The lowest BCUT2D eigenvalue weighted by atomic mass is 10.6. The van der Waals surface area contributed by atoms with Crippen LogP contribution in [0, 0.1) is 0 Å². The van der Waals surface area contributed by atoms with E-state index in [1.807, 2.05) is 0 Å². The molecule has 0 rings (SSSR count). The second-order valence-corrected chi connectivity index (χ2v) is 0.816. The molecule has 0 fully saturated rings. The fraction of sp³-hybridized carbons (Fsp3) is 0.333. The zero-order valence-corrected chi connectivity index (χ0v) is 3.26. The summed E-state index contributed by atoms with van der Waals surface area (Å²) in [5.41, 5.74) is 4.71. The highest BCUT2D eigenvalue weighted by molar-refractivity contribution is 4.84. The molecule has 0 saturated heterocycles. The summed E-state index contributed by atoms with van der Waals surface area (Å²) in [4.78, 5) is 0. The first-order valence-electron chi connectivity index (χ1n) is 1.52. The Balaban J connectivity index is 3.22. The van der Waals surface area contributed by atoms with E-state index in [0.29, 0.717) is 0 Å². The minimum atomic E-state index is -0.378. The Kier molecular flexibility index (Phi) is 2.24. The van der Waals surface area contributed by atoms with Crippen molar-refractivity contribution < 1.29 is 10.2 Å². The number of nitrogens with two attached hydrogens (primary N) is 1. The Bertz CT molecular complexity index is 59.8. The molecule has 0 heterocycles. The average molecular weight is 89.1 g/mol. The Hall–Kier alpha value is -0.700. The van der Waals surface area contributed by atoms with Gasteiger partial charge in [-0.15, -0.1) is 0 Å². The van der Waals surface area contributed by atoms with Crippen molar-refractivity contribution in [2.24, 2.45) is 5.73 Å². The molecule has 0 aliphatic heterocycles. The van der Waals surface area contributed by atoms with E-state index < -0.39 is 0 Å². The van der Waals surface area contributed by atoms with Gasteiger partial charge in [0, 0.05) is 6.20 Å². The summed E-state index contributed by atoms with van der Waals surface area (Å²) in [6.07, 6.45) is 0.944. The smallest absolute Gasteiger partial charge is 0.133 e. The van der Waals surface area contributed by atoms with E-state index in [4.69, 9.17) is 15.9 Å². The van der Waals surface area contributed by atoms with E-state index in [2.05, 4.69) is 0 Å². The zero-order valence-electron chi connectivity index (χ0n) is 3.26. The van der Waals surface area contributed by atoms with Gasteiger partial charge in [-0.1, -0.05) is 0 Å². The van der Waals surface area contributed by atoms with Gasteiger partial charge in [-0.25, -0.2) is 0 Å². The van der Waals surface area contributed by atoms with Crippen molar-refractivity contribution in [3.63, 3.8) is 0 Å². The molecule has 0 aliphatic carbocycles. The molecule has 0 aromatic rings. The quantitative estimate of drug-likeness (QED) is 0.373. The molecular formula is C3H7NO2. The first-order chi connectivity index (χ1) is 2.81. The van der Waals surface area contributed by atoms with Gasteiger partial charge in [0.05, 0.1) is 0 Å². The van der Waals surface area contributed by atoms with Crippen LogP contribution in [0.4, 0.5) is 0 Å². The summed E-state index contributed by atoms with van der Waals surface area (Å²) in [6.45, 7) is -0.378. The molecule has 3 heteroatoms. The van der Waals surface area contributed by atoms with Gasteiger partial charge >= 0.3 is 0 Å². The van der Waals surface area contributed by atoms with E-state index in [1.165, 1.54) is 0 Å². The summed E-state index contributed by atoms with van der Waals surface area (Å²) in [5, 5.41) is 16.1. The van der Waals surface area contributed by atoms with Crippen LogP contribution in [0.5, 0.6) is 0 Å². The molecule has 0 atom stereocenters. The lowest BCUT2D eigenvalue weighted by Gasteiger charge is -1.84. The van der Waals surface area contributed by atoms with E-state index in [-0.39, 0.29) is 12.4 Å². The molecule has 0 unspecified atom stereocenters. The second-order valence-electron chi connectivity index (χ2n) is 0.816. The number of rotatable bonds is 1. The number of aliphatic hydroxyl groups excluding tert-OH is 2. The highest BCUT2D eigenvalue weighted by Gasteiger charge is 1.78. The summed E-state index contributed by atoms with van der Waals surface area (Å²) in [5.74, 6) is -0.199. The lowest BCUT2D eigenvalue weighted by Crippen LogP contribution is -1.91. The third kappa shape index (κ3) is 1.60. The Labute approximate surface area is 35.7 Å². The molecule has 3 nitrogen and oxygen atoms in total. The number of hydrogen-bond donors (Lipinski definition) is 3. The van der Waals surface area contributed by atoms with Gasteiger partial charge in [0.1, 0.15) is 12.4 Å². The van der Waals surface area contributed by atoms with Crippen molar-refractivity contribution in [2.75, 3.05) is 6.61 Å². The molecule has 0 aromatic heterocycles. The molecule has 0 aliphatic rings. The van der Waals surface area contributed by atoms with Gasteiger partial charge in [0.25, 0.3) is 0 Å². The van der Waals surface area contributed by atoms with Crippen LogP contribution in [0.15, 0.2) is 12.0 Å². The monoisotopic (exact) mass is 89.0 g/mol. The van der Waals surface area contributed by atoms with Gasteiger partial charge in [0.15, 0.2) is 0 Å². The molecule has 0 amide bonds. The van der Waals surface area contributed by atoms with Gasteiger partial charge in [-0.3, -0.25) is 0 Å². The first-order valence-corrected chi connectivity index (χ1v) is 1.52. The van der Waals surface area contributed by atoms with Crippen molar-refractivity contribution >= 4 is 0 Å². The Morgan fingerprint density at radius 3 is 2.33 bits per heavy atom. The summed E-state index contributed by atoms with van der Waals surface area (Å²) >= 11 is 0. The summed E-state index contributed by atoms with van der Waals surface area (Å²) in [7, 11) is 0. The molecule has 0 spiro atoms. The van der Waals surface area contributed by atoms with E-state index in [0.717, 1.165) is 6.20 Å². The van der Waals surface area contributed by atoms with Crippen LogP contribution in [0.3, 0.4) is 0 Å². The van der Waals surface area contributed by atoms with Crippen molar-refractivity contribution in [3.8, 4) is 0 Å². The van der Waals surface area contributed by atoms with Crippen LogP contribution >= 0.6 is 0 Å². The van der Waals surface area contributed by atoms with Crippen LogP contribution in [-0.4, -0.2) is 16.8 Å². The zero-order chi connectivity index (χ0) is 4.99. The van der Waals surface area contributed by atoms with Crippen LogP contribution < -0.4 is 5.73 Å². The SMILES string of the molecule is N/C=C(/O)CO. The number of aliphatic hydroxyl groups is 2. The molecular weight excluding hydrogens is 82.0 g/mol. The van der Waals surface area contributed by atoms with Crippen molar-refractivity contribution in [1.82, 2.24) is 0 Å². The predicted molar refractivity (Wildman–Crippen MR) is 22.0 cm³/mol. The molecule has 0 saturated carbocycles. The minimum absolute atomic E-state index is 0.199. The third-order valence-electron chi connectivity index (χ3n) is 0.354. The van der Waals surface area contributed by atoms with Gasteiger partial charge in [-0.05, 0) is 0 Å². The largest absolute Gasteiger partial charge is 0.508 e. The fourth-order valence-electron chi connectivity index (χ4n) is 0.0527. The van der Waals surface area contributed by atoms with Gasteiger partial charge in [-0.2, -0.15) is 0 Å². The Morgan fingerprint density at radius 2 is 2.33 bits per heavy atom. The van der Waals surface area contributed by atoms with E-state index in [1.54, 1.807) is 0 Å². The number of hydrogen-bond acceptors (Lipinski definition) is 3. The average Bonchev–Trinajstić information content (AvgIpc) is 1.65. The maximum Gasteiger partial charge on any atom is 0.133 e. The molecule has 36 valence electrons. The minimum Gasteiger partial charge on any atom is -0.508 e. The second kappa shape index (κ2) is 2.53. The topological polar surface area (TPSA) is 66.5 Å². The maximum atomic E-state index is 8.15. The van der Waals surface area contributed by atoms with Gasteiger partial charge < -0.3 is 15.9 Å². The molecule has 0 aromatic carbocycles. The normalized spacial score (nSPS) is 11.8. The molecule has 6 heavy (non-hydrogen) atoms. The standard InChI is InChI=1S/C3H7NO2/c4-1-3(6)2-5/h1,5-6H,2,4H2/b3-1+. The van der Waals surface area contributed by atoms with Gasteiger partial charge in [0.2, 0.25) is 0 Å². The maximum absolute atomic E-state index is 8.15. The van der Waals surface area contributed by atoms with Crippen LogP contribution in [0.1, 0.15) is 0 Å². The summed E-state index contributed by atoms with van der Waals surface area (Å²) < 4.78 is 0. The highest BCUT2D eigenvalue weighted by atomic mass is 16.3. The lowest BCUT2D eigenvalue weighted by molar-refractivity contribution is 0.252. The van der Waals surface area contributed by atoms with E-state index >= 15 is 0 Å². The fourth-order valence-corrected chi connectivity index (χ4v) is 0.0527. The molecule has 4 N–H and O–H groups in total. The molecule has 0 radical (unpaired) electrons. The van der Waals surface area contributed by atoms with E-state index in [9.17, 15) is 0 Å². The molecule has 0 bridgehead atoms. The van der Waals surface area contributed by atoms with Crippen LogP contribution in [-0.2, 0) is 0 Å². The summed E-state index contributed by atoms with van der Waals surface area (Å²) in [6, 6.07) is 0. The van der Waals surface area contributed by atoms with Crippen molar-refractivity contribution in [1.29, 1.82) is 0 Å². The Morgan fingerprint density at radius 1 is 1.83 bits per heavy atom. The predicted octanol–water partition coefficient (Wildman–Crippen LogP) is -0.663. The van der Waals surface area contributed by atoms with Crippen molar-refractivity contribution in [2.45, 2.75) is 0 Å². The van der Waals surface area contributed by atoms with Crippen LogP contribution in [0.25, 0.3) is 0 Å². The van der Waals surface area contributed by atoms with Crippen LogP contribution in [0.2, 0.25) is 0 Å². The van der Waals surface area contributed by atoms with Crippen molar-refractivity contribution in [3.05, 3.63) is 12.0 Å². The first kappa shape index (κ1) is 5.30. The highest BCUT2D eigenvalue weighted by Crippen LogP contribution is 1.74.